The van der Waals surface area contributed by atoms with E-state index in [0.29, 0.717) is 26.3 Å². The molecule has 1 fully saturated rings. The zero-order valence-electron chi connectivity index (χ0n) is 14.4. The number of nitrogens with zero attached hydrogens (tertiary/aromatic N) is 1. The summed E-state index contributed by atoms with van der Waals surface area (Å²) >= 11 is 0. The van der Waals surface area contributed by atoms with E-state index in [0.717, 1.165) is 0 Å². The number of ether oxygens (including phenoxy) is 1. The van der Waals surface area contributed by atoms with Crippen LogP contribution in [0.2, 0.25) is 0 Å². The Balaban J connectivity index is 0.00000529. The quantitative estimate of drug-likeness (QED) is 0.536. The SMILES string of the molecule is C[CH-]NC(=O)[C@H](CS(=O)(=O)CC(C)C)NC(=O)N1CCOCC1.[Y]. The Kier molecular flexibility index (Phi) is 11.3. The van der Waals surface area contributed by atoms with Gasteiger partial charge in [0.2, 0.25) is 5.91 Å². The van der Waals surface area contributed by atoms with Crippen LogP contribution in [0.5, 0.6) is 0 Å². The number of morpholine rings is 1. The van der Waals surface area contributed by atoms with Gasteiger partial charge in [0.25, 0.3) is 0 Å². The fourth-order valence-corrected chi connectivity index (χ4v) is 4.16. The van der Waals surface area contributed by atoms with Crippen molar-refractivity contribution in [3.63, 3.8) is 0 Å². The van der Waals surface area contributed by atoms with Gasteiger partial charge in [-0.1, -0.05) is 13.8 Å². The summed E-state index contributed by atoms with van der Waals surface area (Å²) in [6.45, 7) is 8.29. The average Bonchev–Trinajstić information content (AvgIpc) is 2.46. The zero-order valence-corrected chi connectivity index (χ0v) is 18.1. The zero-order chi connectivity index (χ0) is 17.5. The van der Waals surface area contributed by atoms with Gasteiger partial charge in [-0.25, -0.2) is 19.8 Å². The normalized spacial score (nSPS) is 16.2. The minimum absolute atomic E-state index is 0. The molecular formula is C14H26N3O5SY-. The van der Waals surface area contributed by atoms with E-state index in [4.69, 9.17) is 4.74 Å². The summed E-state index contributed by atoms with van der Waals surface area (Å²) < 4.78 is 29.4. The molecule has 3 amide bonds. The van der Waals surface area contributed by atoms with E-state index in [1.807, 2.05) is 0 Å². The van der Waals surface area contributed by atoms with Crippen molar-refractivity contribution < 1.29 is 55.5 Å². The number of sulfone groups is 1. The average molecular weight is 437 g/mol. The molecule has 0 aliphatic carbocycles. The first-order valence-electron chi connectivity index (χ1n) is 7.67. The van der Waals surface area contributed by atoms with Crippen LogP contribution in [0.3, 0.4) is 0 Å². The summed E-state index contributed by atoms with van der Waals surface area (Å²) in [6, 6.07) is -1.57. The van der Waals surface area contributed by atoms with Crippen LogP contribution in [-0.4, -0.2) is 69.1 Å². The second-order valence-corrected chi connectivity index (χ2v) is 8.02. The summed E-state index contributed by atoms with van der Waals surface area (Å²) in [5.74, 6) is -1.03. The van der Waals surface area contributed by atoms with Crippen molar-refractivity contribution in [3.05, 3.63) is 6.54 Å². The molecule has 2 N–H and O–H groups in total. The molecule has 0 aromatic rings. The van der Waals surface area contributed by atoms with E-state index in [9.17, 15) is 18.0 Å². The molecule has 1 aliphatic heterocycles. The van der Waals surface area contributed by atoms with Crippen molar-refractivity contribution in [2.75, 3.05) is 37.8 Å². The van der Waals surface area contributed by atoms with Gasteiger partial charge in [-0.2, -0.15) is 6.92 Å². The summed E-state index contributed by atoms with van der Waals surface area (Å²) in [7, 11) is -3.45. The molecule has 8 nitrogen and oxygen atoms in total. The van der Waals surface area contributed by atoms with Crippen molar-refractivity contribution in [2.45, 2.75) is 26.8 Å². The second kappa shape index (κ2) is 11.4. The topological polar surface area (TPSA) is 105 Å². The Labute approximate surface area is 169 Å². The number of urea groups is 1. The predicted molar refractivity (Wildman–Crippen MR) is 86.3 cm³/mol. The molecule has 0 saturated carbocycles. The Bertz CT molecular complexity index is 507. The van der Waals surface area contributed by atoms with Crippen LogP contribution >= 0.6 is 0 Å². The number of carbonyl (C=O) groups excluding carboxylic acids is 2. The Morgan fingerprint density at radius 3 is 2.29 bits per heavy atom. The molecule has 1 rings (SSSR count). The molecule has 1 aliphatic rings. The number of rotatable bonds is 7. The standard InChI is InChI=1S/C14H26N3O5S.Y/c1-4-15-13(18)12(10-23(20,21)9-11(2)3)16-14(19)17-5-7-22-8-6-17;/h4,11-12H,5-10H2,1-3H3,(H,15,18)(H,16,19);/q-1;/t12-;/m0./s1. The largest absolute Gasteiger partial charge is 0.504 e. The minimum atomic E-state index is -3.45. The van der Waals surface area contributed by atoms with Crippen LogP contribution in [0.1, 0.15) is 20.8 Å². The van der Waals surface area contributed by atoms with Crippen LogP contribution in [0, 0.1) is 12.5 Å². The van der Waals surface area contributed by atoms with Crippen molar-refractivity contribution in [1.82, 2.24) is 15.5 Å². The Morgan fingerprint density at radius 2 is 1.79 bits per heavy atom. The van der Waals surface area contributed by atoms with Crippen LogP contribution < -0.4 is 10.6 Å². The third kappa shape index (κ3) is 8.73. The van der Waals surface area contributed by atoms with Gasteiger partial charge in [-0.05, 0) is 5.92 Å². The van der Waals surface area contributed by atoms with Crippen LogP contribution in [-0.2, 0) is 52.1 Å². The number of amides is 3. The third-order valence-electron chi connectivity index (χ3n) is 3.21. The molecule has 0 bridgehead atoms. The van der Waals surface area contributed by atoms with E-state index >= 15 is 0 Å². The van der Waals surface area contributed by atoms with Crippen molar-refractivity contribution in [1.29, 1.82) is 0 Å². The van der Waals surface area contributed by atoms with Gasteiger partial charge in [0.15, 0.2) is 9.84 Å². The van der Waals surface area contributed by atoms with Crippen molar-refractivity contribution in [2.24, 2.45) is 5.92 Å². The summed E-state index contributed by atoms with van der Waals surface area (Å²) in [5, 5.41) is 4.96. The molecule has 1 radical (unpaired) electrons. The number of hydrogen-bond acceptors (Lipinski definition) is 5. The van der Waals surface area contributed by atoms with E-state index < -0.39 is 33.6 Å². The van der Waals surface area contributed by atoms with Gasteiger partial charge >= 0.3 is 6.03 Å². The van der Waals surface area contributed by atoms with Crippen molar-refractivity contribution in [3.8, 4) is 0 Å². The first kappa shape index (κ1) is 23.8. The molecule has 1 saturated heterocycles. The number of hydrogen-bond donors (Lipinski definition) is 2. The van der Waals surface area contributed by atoms with E-state index in [1.54, 1.807) is 20.8 Å². The molecule has 0 aromatic heterocycles. The van der Waals surface area contributed by atoms with Gasteiger partial charge in [0.1, 0.15) is 6.04 Å². The fraction of sp³-hybridized carbons (Fsp3) is 0.786. The first-order chi connectivity index (χ1) is 10.7. The van der Waals surface area contributed by atoms with Crippen LogP contribution in [0.25, 0.3) is 0 Å². The van der Waals surface area contributed by atoms with Crippen LogP contribution in [0.4, 0.5) is 4.79 Å². The molecule has 24 heavy (non-hydrogen) atoms. The van der Waals surface area contributed by atoms with Crippen molar-refractivity contribution >= 4 is 21.8 Å². The Hall–Kier alpha value is -0.246. The molecule has 10 heteroatoms. The molecule has 0 aromatic carbocycles. The molecule has 0 spiro atoms. The molecule has 0 unspecified atom stereocenters. The maximum atomic E-state index is 12.2. The molecular weight excluding hydrogens is 411 g/mol. The molecule has 1 atom stereocenters. The fourth-order valence-electron chi connectivity index (χ4n) is 2.26. The van der Waals surface area contributed by atoms with Gasteiger partial charge in [0.05, 0.1) is 24.7 Å². The van der Waals surface area contributed by atoms with Gasteiger partial charge in [0, 0.05) is 45.8 Å². The van der Waals surface area contributed by atoms with E-state index in [1.165, 1.54) is 11.4 Å². The summed E-state index contributed by atoms with van der Waals surface area (Å²) in [6.07, 6.45) is 0. The smallest absolute Gasteiger partial charge is 0.318 e. The first-order valence-corrected chi connectivity index (χ1v) is 9.49. The monoisotopic (exact) mass is 437 g/mol. The maximum absolute atomic E-state index is 12.2. The van der Waals surface area contributed by atoms with Crippen LogP contribution in [0.15, 0.2) is 0 Å². The minimum Gasteiger partial charge on any atom is -0.504 e. The van der Waals surface area contributed by atoms with E-state index in [2.05, 4.69) is 10.6 Å². The predicted octanol–water partition coefficient (Wildman–Crippen LogP) is -0.237. The molecule has 137 valence electrons. The Morgan fingerprint density at radius 1 is 1.21 bits per heavy atom. The van der Waals surface area contributed by atoms with E-state index in [-0.39, 0.29) is 44.4 Å². The van der Waals surface area contributed by atoms with Gasteiger partial charge < -0.3 is 20.3 Å². The summed E-state index contributed by atoms with van der Waals surface area (Å²) in [5.41, 5.74) is 0. The summed E-state index contributed by atoms with van der Waals surface area (Å²) in [4.78, 5) is 25.8. The second-order valence-electron chi connectivity index (χ2n) is 5.87. The van der Waals surface area contributed by atoms with Gasteiger partial charge in [-0.3, -0.25) is 4.79 Å². The maximum Gasteiger partial charge on any atom is 0.318 e. The number of nitrogens with one attached hydrogen (secondary N) is 2. The third-order valence-corrected chi connectivity index (χ3v) is 5.22. The molecule has 1 heterocycles. The number of carbonyl (C=O) groups is 2. The van der Waals surface area contributed by atoms with Gasteiger partial charge in [-0.15, -0.1) is 0 Å².